The summed E-state index contributed by atoms with van der Waals surface area (Å²) in [6.45, 7) is 11.4. The highest BCUT2D eigenvalue weighted by atomic mass is 32.2. The molecule has 0 bridgehead atoms. The second-order valence-electron chi connectivity index (χ2n) is 13.6. The quantitative estimate of drug-likeness (QED) is 0.0701. The average molecular weight is 664 g/mol. The molecule has 0 unspecified atom stereocenters. The van der Waals surface area contributed by atoms with E-state index in [1.807, 2.05) is 13.8 Å². The Labute approximate surface area is 272 Å². The van der Waals surface area contributed by atoms with Gasteiger partial charge < -0.3 is 23.7 Å². The average Bonchev–Trinajstić information content (AvgIpc) is 3.87. The van der Waals surface area contributed by atoms with Gasteiger partial charge in [0.1, 0.15) is 48.1 Å². The Morgan fingerprint density at radius 1 is 1.22 bits per heavy atom. The Kier molecular flexibility index (Phi) is 11.3. The first-order valence-corrected chi connectivity index (χ1v) is 16.4. The number of epoxide rings is 2. The summed E-state index contributed by atoms with van der Waals surface area (Å²) in [7, 11) is 1.59. The van der Waals surface area contributed by atoms with Crippen molar-refractivity contribution in [1.82, 2.24) is 9.97 Å². The summed E-state index contributed by atoms with van der Waals surface area (Å²) in [5, 5.41) is 2.58. The van der Waals surface area contributed by atoms with E-state index < -0.39 is 59.5 Å². The van der Waals surface area contributed by atoms with E-state index in [2.05, 4.69) is 28.3 Å². The van der Waals surface area contributed by atoms with Gasteiger partial charge in [0.25, 0.3) is 11.5 Å². The van der Waals surface area contributed by atoms with Crippen LogP contribution in [-0.2, 0) is 42.9 Å². The van der Waals surface area contributed by atoms with Crippen LogP contribution in [0.4, 0.5) is 5.95 Å². The van der Waals surface area contributed by atoms with Gasteiger partial charge in [-0.15, -0.1) is 0 Å². The topological polar surface area (TPSA) is 179 Å². The van der Waals surface area contributed by atoms with Crippen molar-refractivity contribution in [2.45, 2.75) is 102 Å². The molecular formula is C32H45N3O10S. The van der Waals surface area contributed by atoms with E-state index in [-0.39, 0.29) is 46.7 Å². The maximum Gasteiger partial charge on any atom is 0.313 e. The van der Waals surface area contributed by atoms with Gasteiger partial charge >= 0.3 is 5.97 Å². The highest BCUT2D eigenvalue weighted by Gasteiger charge is 2.72. The van der Waals surface area contributed by atoms with Crippen LogP contribution >= 0.6 is 11.8 Å². The number of hydrogen-bond donors (Lipinski definition) is 2. The second kappa shape index (κ2) is 14.5. The van der Waals surface area contributed by atoms with Gasteiger partial charge in [0.15, 0.2) is 11.6 Å². The van der Waals surface area contributed by atoms with E-state index in [9.17, 15) is 24.0 Å². The summed E-state index contributed by atoms with van der Waals surface area (Å²) in [6, 6.07) is 1.18. The van der Waals surface area contributed by atoms with Gasteiger partial charge in [-0.1, -0.05) is 44.2 Å². The number of anilines is 1. The molecule has 6 atom stereocenters. The van der Waals surface area contributed by atoms with Gasteiger partial charge in [-0.3, -0.25) is 34.3 Å². The van der Waals surface area contributed by atoms with Crippen molar-refractivity contribution >= 4 is 41.2 Å². The third-order valence-corrected chi connectivity index (χ3v) is 9.49. The van der Waals surface area contributed by atoms with E-state index in [0.717, 1.165) is 18.2 Å². The summed E-state index contributed by atoms with van der Waals surface area (Å²) in [5.41, 5.74) is -0.761. The molecule has 1 saturated carbocycles. The number of H-pyrrole nitrogens is 1. The van der Waals surface area contributed by atoms with Gasteiger partial charge in [-0.2, -0.15) is 0 Å². The number of Topliss-reactive ketones (excluding diaryl/α,β-unsaturated/α-hetero) is 2. The van der Waals surface area contributed by atoms with E-state index in [1.54, 1.807) is 27.9 Å². The van der Waals surface area contributed by atoms with Crippen molar-refractivity contribution in [1.29, 1.82) is 0 Å². The highest BCUT2D eigenvalue weighted by Crippen LogP contribution is 2.59. The number of carbonyl (C=O) groups excluding carboxylic acids is 4. The zero-order valence-electron chi connectivity index (χ0n) is 27.6. The van der Waals surface area contributed by atoms with Crippen molar-refractivity contribution in [3.05, 3.63) is 28.1 Å². The molecule has 1 aromatic rings. The summed E-state index contributed by atoms with van der Waals surface area (Å²) in [6.07, 6.45) is 2.72. The Morgan fingerprint density at radius 2 is 1.93 bits per heavy atom. The lowest BCUT2D eigenvalue weighted by Crippen LogP contribution is -2.55. The molecule has 2 N–H and O–H groups in total. The Bertz CT molecular complexity index is 1410. The molecule has 14 heteroatoms. The molecular weight excluding hydrogens is 618 g/mol. The first kappa shape index (κ1) is 35.9. The lowest BCUT2D eigenvalue weighted by molar-refractivity contribution is -0.172. The number of methoxy groups -OCH3 is 1. The minimum Gasteiger partial charge on any atom is -0.459 e. The minimum absolute atomic E-state index is 0.0179. The number of rotatable bonds is 15. The maximum atomic E-state index is 12.9. The Hall–Kier alpha value is -2.91. The SMILES string of the molecule is CO[C@@H]1[C@H](OC(=O)CC(=O)CSc2cc(=O)[nH]c(NC(=O)COCC(=O)C(C)(C)C)n2)CC[C@]2(CO2)[C@H]1[C@@]1(C)O[C@@H]1CC=C(C)C. The lowest BCUT2D eigenvalue weighted by atomic mass is 9.68. The molecule has 46 heavy (non-hydrogen) atoms. The first-order chi connectivity index (χ1) is 21.6. The zero-order valence-corrected chi connectivity index (χ0v) is 28.4. The van der Waals surface area contributed by atoms with Gasteiger partial charge in [0.05, 0.1) is 24.4 Å². The van der Waals surface area contributed by atoms with Crippen LogP contribution in [0.1, 0.15) is 67.2 Å². The highest BCUT2D eigenvalue weighted by molar-refractivity contribution is 7.99. The van der Waals surface area contributed by atoms with Gasteiger partial charge in [0.2, 0.25) is 5.95 Å². The number of esters is 1. The van der Waals surface area contributed by atoms with E-state index in [1.165, 1.54) is 11.6 Å². The number of hydrogen-bond acceptors (Lipinski definition) is 12. The van der Waals surface area contributed by atoms with Crippen LogP contribution < -0.4 is 10.9 Å². The number of ether oxygens (including phenoxy) is 5. The standard InChI is InChI=1S/C32H45N3O10S/c1-18(2)8-9-22-31(6,45-22)28-27(41-7)20(10-11-32(28)17-43-32)44-26(40)12-19(36)16-46-25-13-23(38)33-29(35-25)34-24(39)15-42-14-21(37)30(3,4)5/h8,13,20,22,27-28H,9-12,14-17H2,1-7H3,(H2,33,34,35,38,39)/t20-,22-,27-,28-,31+,32+/m1/s1. The minimum atomic E-state index is -0.663. The van der Waals surface area contributed by atoms with Crippen molar-refractivity contribution in [3.63, 3.8) is 0 Å². The Balaban J connectivity index is 1.27. The number of allylic oxidation sites excluding steroid dienone is 1. The molecule has 13 nitrogen and oxygen atoms in total. The van der Waals surface area contributed by atoms with Crippen LogP contribution in [0.3, 0.4) is 0 Å². The molecule has 1 amide bonds. The van der Waals surface area contributed by atoms with Crippen LogP contribution in [0.15, 0.2) is 27.5 Å². The largest absolute Gasteiger partial charge is 0.459 e. The molecule has 1 aromatic heterocycles. The predicted molar refractivity (Wildman–Crippen MR) is 169 cm³/mol. The molecule has 3 fully saturated rings. The molecule has 1 aliphatic carbocycles. The fourth-order valence-corrected chi connectivity index (χ4v) is 6.59. The summed E-state index contributed by atoms with van der Waals surface area (Å²) >= 11 is 0.950. The molecule has 0 radical (unpaired) electrons. The fraction of sp³-hybridized carbons (Fsp3) is 0.688. The number of aromatic amines is 1. The van der Waals surface area contributed by atoms with Crippen molar-refractivity contribution in [2.75, 3.05) is 38.0 Å². The van der Waals surface area contributed by atoms with E-state index in [0.29, 0.717) is 19.4 Å². The van der Waals surface area contributed by atoms with E-state index in [4.69, 9.17) is 23.7 Å². The van der Waals surface area contributed by atoms with Gasteiger partial charge in [-0.05, 0) is 40.0 Å². The smallest absolute Gasteiger partial charge is 0.313 e. The van der Waals surface area contributed by atoms with Crippen LogP contribution in [0, 0.1) is 11.3 Å². The molecule has 1 spiro atoms. The fourth-order valence-electron chi connectivity index (χ4n) is 5.84. The lowest BCUT2D eigenvalue weighted by Gasteiger charge is -2.42. The molecule has 3 heterocycles. The predicted octanol–water partition coefficient (Wildman–Crippen LogP) is 3.01. The normalized spacial score (nSPS) is 28.3. The van der Waals surface area contributed by atoms with Crippen LogP contribution in [0.5, 0.6) is 0 Å². The molecule has 3 aliphatic rings. The third kappa shape index (κ3) is 9.12. The van der Waals surface area contributed by atoms with Gasteiger partial charge in [0, 0.05) is 18.6 Å². The summed E-state index contributed by atoms with van der Waals surface area (Å²) in [5.74, 6) is -2.27. The van der Waals surface area contributed by atoms with Crippen molar-refractivity contribution < 1.29 is 42.9 Å². The molecule has 2 saturated heterocycles. The number of nitrogens with one attached hydrogen (secondary N) is 2. The number of thioether (sulfide) groups is 1. The maximum absolute atomic E-state index is 12.9. The van der Waals surface area contributed by atoms with Crippen LogP contribution in [0.25, 0.3) is 0 Å². The third-order valence-electron chi connectivity index (χ3n) is 8.52. The molecule has 4 rings (SSSR count). The molecule has 0 aromatic carbocycles. The number of ketones is 2. The monoisotopic (exact) mass is 663 g/mol. The van der Waals surface area contributed by atoms with Crippen LogP contribution in [0.2, 0.25) is 0 Å². The van der Waals surface area contributed by atoms with Crippen molar-refractivity contribution in [3.8, 4) is 0 Å². The number of aromatic nitrogens is 2. The second-order valence-corrected chi connectivity index (χ2v) is 14.6. The molecule has 254 valence electrons. The number of nitrogens with zero attached hydrogens (tertiary/aromatic N) is 1. The number of amides is 1. The van der Waals surface area contributed by atoms with Gasteiger partial charge in [-0.25, -0.2) is 4.98 Å². The molecule has 2 aliphatic heterocycles. The Morgan fingerprint density at radius 3 is 2.57 bits per heavy atom. The van der Waals surface area contributed by atoms with Crippen LogP contribution in [-0.4, -0.2) is 95.6 Å². The summed E-state index contributed by atoms with van der Waals surface area (Å²) < 4.78 is 29.0. The summed E-state index contributed by atoms with van der Waals surface area (Å²) in [4.78, 5) is 68.4. The van der Waals surface area contributed by atoms with E-state index >= 15 is 0 Å². The van der Waals surface area contributed by atoms with Crippen molar-refractivity contribution in [2.24, 2.45) is 11.3 Å². The zero-order chi connectivity index (χ0) is 33.9. The number of carbonyl (C=O) groups is 4. The first-order valence-electron chi connectivity index (χ1n) is 15.4.